The molecule has 0 unspecified atom stereocenters. The number of rotatable bonds is 2. The number of hydrogen-bond acceptors (Lipinski definition) is 6. The minimum absolute atomic E-state index is 0.000221. The molecule has 0 spiro atoms. The molecule has 1 aliphatic heterocycles. The molecule has 0 aromatic heterocycles. The summed E-state index contributed by atoms with van der Waals surface area (Å²) >= 11 is 0. The molecule has 2 atom stereocenters. The molecule has 23 heavy (non-hydrogen) atoms. The lowest BCUT2D eigenvalue weighted by molar-refractivity contribution is -0.176. The van der Waals surface area contributed by atoms with Gasteiger partial charge in [0.1, 0.15) is 17.5 Å². The predicted octanol–water partition coefficient (Wildman–Crippen LogP) is 0.694. The van der Waals surface area contributed by atoms with Crippen LogP contribution in [0.3, 0.4) is 0 Å². The molecule has 1 aromatic carbocycles. The quantitative estimate of drug-likeness (QED) is 0.636. The third-order valence-electron chi connectivity index (χ3n) is 3.81. The highest BCUT2D eigenvalue weighted by Crippen LogP contribution is 2.34. The van der Waals surface area contributed by atoms with Crippen LogP contribution < -0.4 is 5.73 Å². The molecule has 0 saturated heterocycles. The number of phenolic OH excluding ortho intramolecular Hbond substituents is 1. The van der Waals surface area contributed by atoms with Gasteiger partial charge < -0.3 is 25.8 Å². The molecule has 0 saturated carbocycles. The molecule has 128 valence electrons. The summed E-state index contributed by atoms with van der Waals surface area (Å²) in [6, 6.07) is 4.68. The first kappa shape index (κ1) is 17.5. The Balaban J connectivity index is 2.41. The van der Waals surface area contributed by atoms with E-state index in [1.54, 1.807) is 26.8 Å². The smallest absolute Gasteiger partial charge is 0.412 e. The van der Waals surface area contributed by atoms with Crippen molar-refractivity contribution in [1.82, 2.24) is 4.90 Å². The summed E-state index contributed by atoms with van der Waals surface area (Å²) in [5.41, 5.74) is 4.31. The maximum absolute atomic E-state index is 12.5. The van der Waals surface area contributed by atoms with Crippen molar-refractivity contribution in [2.24, 2.45) is 5.73 Å². The molecule has 1 amide bonds. The Labute approximate surface area is 135 Å². The van der Waals surface area contributed by atoms with Gasteiger partial charge in [-0.15, -0.1) is 0 Å². The van der Waals surface area contributed by atoms with Gasteiger partial charge in [0.05, 0.1) is 6.54 Å². The molecule has 0 bridgehead atoms. The zero-order valence-electron chi connectivity index (χ0n) is 13.6. The molecular formula is C16H24N2O5. The van der Waals surface area contributed by atoms with Crippen LogP contribution in [-0.4, -0.2) is 50.3 Å². The van der Waals surface area contributed by atoms with E-state index in [4.69, 9.17) is 10.5 Å². The average molecular weight is 324 g/mol. The van der Waals surface area contributed by atoms with Gasteiger partial charge >= 0.3 is 6.09 Å². The van der Waals surface area contributed by atoms with Gasteiger partial charge in [-0.3, -0.25) is 4.90 Å². The second-order valence-corrected chi connectivity index (χ2v) is 6.83. The zero-order valence-corrected chi connectivity index (χ0v) is 13.6. The van der Waals surface area contributed by atoms with Crippen LogP contribution in [0, 0.1) is 0 Å². The number of carbonyl (C=O) groups is 1. The van der Waals surface area contributed by atoms with Gasteiger partial charge in [0.15, 0.2) is 5.72 Å². The molecule has 1 aliphatic rings. The van der Waals surface area contributed by atoms with E-state index in [2.05, 4.69) is 0 Å². The number of nitrogens with zero attached hydrogens (tertiary/aromatic N) is 1. The van der Waals surface area contributed by atoms with E-state index in [-0.39, 0.29) is 25.3 Å². The highest BCUT2D eigenvalue weighted by atomic mass is 16.6. The lowest BCUT2D eigenvalue weighted by Crippen LogP contribution is -2.64. The van der Waals surface area contributed by atoms with Gasteiger partial charge in [-0.2, -0.15) is 0 Å². The summed E-state index contributed by atoms with van der Waals surface area (Å²) in [4.78, 5) is 13.5. The summed E-state index contributed by atoms with van der Waals surface area (Å²) in [6.45, 7) is 4.95. The van der Waals surface area contributed by atoms with Crippen molar-refractivity contribution in [3.8, 4) is 5.75 Å². The molecular weight excluding hydrogens is 300 g/mol. The van der Waals surface area contributed by atoms with E-state index in [0.717, 1.165) is 10.5 Å². The minimum Gasteiger partial charge on any atom is -0.508 e. The van der Waals surface area contributed by atoms with Crippen LogP contribution in [0.15, 0.2) is 18.2 Å². The molecule has 7 heteroatoms. The van der Waals surface area contributed by atoms with Crippen LogP contribution in [0.2, 0.25) is 0 Å². The van der Waals surface area contributed by atoms with Crippen LogP contribution in [0.5, 0.6) is 5.75 Å². The van der Waals surface area contributed by atoms with Crippen molar-refractivity contribution >= 4 is 6.09 Å². The first-order valence-electron chi connectivity index (χ1n) is 7.49. The number of nitrogens with two attached hydrogens (primary N) is 1. The van der Waals surface area contributed by atoms with Crippen molar-refractivity contribution in [3.05, 3.63) is 29.3 Å². The highest BCUT2D eigenvalue weighted by Gasteiger charge is 2.48. The van der Waals surface area contributed by atoms with E-state index < -0.39 is 23.5 Å². The maximum Gasteiger partial charge on any atom is 0.412 e. The Morgan fingerprint density at radius 2 is 2.09 bits per heavy atom. The monoisotopic (exact) mass is 324 g/mol. The number of ether oxygens (including phenoxy) is 1. The van der Waals surface area contributed by atoms with Crippen molar-refractivity contribution in [2.75, 3.05) is 6.54 Å². The third kappa shape index (κ3) is 3.57. The molecule has 0 fully saturated rings. The van der Waals surface area contributed by atoms with Gasteiger partial charge in [0, 0.05) is 13.0 Å². The maximum atomic E-state index is 12.5. The first-order valence-corrected chi connectivity index (χ1v) is 7.49. The second kappa shape index (κ2) is 5.99. The lowest BCUT2D eigenvalue weighted by atomic mass is 9.88. The van der Waals surface area contributed by atoms with Crippen molar-refractivity contribution < 1.29 is 24.9 Å². The Morgan fingerprint density at radius 3 is 2.65 bits per heavy atom. The Morgan fingerprint density at radius 1 is 1.43 bits per heavy atom. The van der Waals surface area contributed by atoms with Crippen LogP contribution >= 0.6 is 0 Å². The first-order chi connectivity index (χ1) is 10.6. The zero-order chi connectivity index (χ0) is 17.4. The number of fused-ring (bicyclic) bond motifs is 1. The summed E-state index contributed by atoms with van der Waals surface area (Å²) in [5.74, 6) is 0.0673. The van der Waals surface area contributed by atoms with E-state index in [0.29, 0.717) is 5.56 Å². The average Bonchev–Trinajstić information content (AvgIpc) is 2.44. The second-order valence-electron chi connectivity index (χ2n) is 6.83. The molecule has 7 nitrogen and oxygen atoms in total. The van der Waals surface area contributed by atoms with Crippen LogP contribution in [0.25, 0.3) is 0 Å². The molecule has 1 heterocycles. The standard InChI is InChI=1S/C16H24N2O5/c1-15(2,3)23-14(21)18-9-11-6-12(19)5-4-10(11)7-16(18,22)13(20)8-17/h4-6,13,19-20,22H,7-9,17H2,1-3H3/t13-,16+/m1/s1. The Kier molecular flexibility index (Phi) is 4.57. The van der Waals surface area contributed by atoms with Crippen molar-refractivity contribution in [2.45, 2.75) is 51.2 Å². The van der Waals surface area contributed by atoms with E-state index >= 15 is 0 Å². The fraction of sp³-hybridized carbons (Fsp3) is 0.562. The van der Waals surface area contributed by atoms with Crippen LogP contribution in [0.1, 0.15) is 31.9 Å². The fourth-order valence-electron chi connectivity index (χ4n) is 2.64. The minimum atomic E-state index is -1.86. The Hall–Kier alpha value is -1.83. The van der Waals surface area contributed by atoms with Gasteiger partial charge in [0.25, 0.3) is 0 Å². The van der Waals surface area contributed by atoms with Crippen LogP contribution in [-0.2, 0) is 17.7 Å². The predicted molar refractivity (Wildman–Crippen MR) is 83.6 cm³/mol. The molecule has 0 radical (unpaired) electrons. The van der Waals surface area contributed by atoms with Crippen molar-refractivity contribution in [3.63, 3.8) is 0 Å². The highest BCUT2D eigenvalue weighted by molar-refractivity contribution is 5.70. The number of hydrogen-bond donors (Lipinski definition) is 4. The van der Waals surface area contributed by atoms with Gasteiger partial charge in [0.2, 0.25) is 0 Å². The van der Waals surface area contributed by atoms with E-state index in [1.165, 1.54) is 12.1 Å². The molecule has 2 rings (SSSR count). The number of aromatic hydroxyl groups is 1. The number of benzene rings is 1. The third-order valence-corrected chi connectivity index (χ3v) is 3.81. The summed E-state index contributed by atoms with van der Waals surface area (Å²) in [6.07, 6.45) is -2.07. The summed E-state index contributed by atoms with van der Waals surface area (Å²) in [5, 5.41) is 30.7. The molecule has 5 N–H and O–H groups in total. The number of carbonyl (C=O) groups excluding carboxylic acids is 1. The SMILES string of the molecule is CC(C)(C)OC(=O)N1Cc2cc(O)ccc2C[C@]1(O)[C@H](O)CN. The fourth-order valence-corrected chi connectivity index (χ4v) is 2.64. The number of aliphatic hydroxyl groups excluding tert-OH is 1. The topological polar surface area (TPSA) is 116 Å². The van der Waals surface area contributed by atoms with Crippen LogP contribution in [0.4, 0.5) is 4.79 Å². The Bertz CT molecular complexity index is 599. The summed E-state index contributed by atoms with van der Waals surface area (Å²) < 4.78 is 5.33. The molecule has 1 aromatic rings. The lowest BCUT2D eigenvalue weighted by Gasteiger charge is -2.46. The summed E-state index contributed by atoms with van der Waals surface area (Å²) in [7, 11) is 0. The van der Waals surface area contributed by atoms with Gasteiger partial charge in [-0.25, -0.2) is 4.79 Å². The molecule has 0 aliphatic carbocycles. The van der Waals surface area contributed by atoms with E-state index in [1.807, 2.05) is 0 Å². The van der Waals surface area contributed by atoms with E-state index in [9.17, 15) is 20.1 Å². The largest absolute Gasteiger partial charge is 0.508 e. The normalized spacial score (nSPS) is 22.4. The van der Waals surface area contributed by atoms with Crippen molar-refractivity contribution in [1.29, 1.82) is 0 Å². The number of phenols is 1. The number of amides is 1. The number of aliphatic hydroxyl groups is 2. The van der Waals surface area contributed by atoms with Gasteiger partial charge in [-0.05, 0) is 44.0 Å². The van der Waals surface area contributed by atoms with Gasteiger partial charge in [-0.1, -0.05) is 6.07 Å².